The number of carboxylic acids is 1. The van der Waals surface area contributed by atoms with Crippen LogP contribution in [-0.2, 0) is 14.3 Å². The van der Waals surface area contributed by atoms with Gasteiger partial charge in [-0.15, -0.1) is 0 Å². The van der Waals surface area contributed by atoms with Gasteiger partial charge in [0.15, 0.2) is 12.2 Å². The molecule has 0 fully saturated rings. The summed E-state index contributed by atoms with van der Waals surface area (Å²) in [6, 6.07) is 0. The summed E-state index contributed by atoms with van der Waals surface area (Å²) in [5.41, 5.74) is 4.98. The standard InChI is InChI=1S/C6H11NO6.Mg.2H/c7-1-2-13-6(12)4(9)3(8)5(10)11;;;/h3-4,8-9H,1-2,7H2,(H,10,11);;;/q;+2;2*-1. The number of ether oxygens (including phenoxy) is 1. The number of rotatable bonds is 5. The number of carbonyl (C=O) groups excluding carboxylic acids is 1. The quantitative estimate of drug-likeness (QED) is 0.289. The second-order valence-electron chi connectivity index (χ2n) is 2.18. The van der Waals surface area contributed by atoms with Crippen LogP contribution in [0.2, 0.25) is 0 Å². The molecule has 14 heavy (non-hydrogen) atoms. The topological polar surface area (TPSA) is 130 Å². The van der Waals surface area contributed by atoms with E-state index in [0.717, 1.165) is 0 Å². The second-order valence-corrected chi connectivity index (χ2v) is 2.18. The van der Waals surface area contributed by atoms with Crippen LogP contribution in [-0.4, -0.2) is 75.7 Å². The SMILES string of the molecule is NCCOC(=O)C(O)C(O)C(=O)O.[H-].[H-].[Mg+2]. The van der Waals surface area contributed by atoms with Crippen LogP contribution in [0.3, 0.4) is 0 Å². The maximum atomic E-state index is 10.7. The van der Waals surface area contributed by atoms with Gasteiger partial charge >= 0.3 is 35.0 Å². The number of esters is 1. The summed E-state index contributed by atoms with van der Waals surface area (Å²) in [5.74, 6) is -2.91. The number of hydrogen-bond donors (Lipinski definition) is 4. The van der Waals surface area contributed by atoms with E-state index in [1.165, 1.54) is 0 Å². The van der Waals surface area contributed by atoms with Crippen LogP contribution in [0.1, 0.15) is 2.85 Å². The van der Waals surface area contributed by atoms with Crippen LogP contribution in [0, 0.1) is 0 Å². The fourth-order valence-electron chi connectivity index (χ4n) is 0.509. The van der Waals surface area contributed by atoms with E-state index in [0.29, 0.717) is 0 Å². The number of aliphatic hydroxyl groups is 2. The Morgan fingerprint density at radius 3 is 2.21 bits per heavy atom. The second kappa shape index (κ2) is 7.94. The summed E-state index contributed by atoms with van der Waals surface area (Å²) in [4.78, 5) is 20.8. The number of aliphatic hydroxyl groups excluding tert-OH is 2. The fourth-order valence-corrected chi connectivity index (χ4v) is 0.509. The molecule has 0 aromatic rings. The van der Waals surface area contributed by atoms with Gasteiger partial charge in [0.25, 0.3) is 0 Å². The van der Waals surface area contributed by atoms with Crippen molar-refractivity contribution in [2.75, 3.05) is 13.2 Å². The van der Waals surface area contributed by atoms with Gasteiger partial charge in [-0.3, -0.25) is 0 Å². The van der Waals surface area contributed by atoms with Crippen LogP contribution in [0.5, 0.6) is 0 Å². The van der Waals surface area contributed by atoms with Crippen molar-refractivity contribution in [2.24, 2.45) is 5.73 Å². The van der Waals surface area contributed by atoms with Crippen molar-refractivity contribution in [3.63, 3.8) is 0 Å². The molecule has 0 aliphatic carbocycles. The molecule has 8 heteroatoms. The van der Waals surface area contributed by atoms with Gasteiger partial charge in [-0.05, 0) is 0 Å². The first-order valence-electron chi connectivity index (χ1n) is 3.46. The Bertz CT molecular complexity index is 207. The van der Waals surface area contributed by atoms with Crippen molar-refractivity contribution in [3.05, 3.63) is 0 Å². The first kappa shape index (κ1) is 16.0. The molecule has 7 nitrogen and oxygen atoms in total. The zero-order chi connectivity index (χ0) is 10.4. The van der Waals surface area contributed by atoms with Gasteiger partial charge in [-0.2, -0.15) is 0 Å². The molecular weight excluding hydrogens is 206 g/mol. The maximum absolute atomic E-state index is 10.7. The largest absolute Gasteiger partial charge is 2.00 e. The number of carbonyl (C=O) groups is 2. The molecule has 0 rings (SSSR count). The van der Waals surface area contributed by atoms with E-state index >= 15 is 0 Å². The van der Waals surface area contributed by atoms with E-state index < -0.39 is 24.1 Å². The van der Waals surface area contributed by atoms with E-state index in [1.54, 1.807) is 0 Å². The molecule has 5 N–H and O–H groups in total. The van der Waals surface area contributed by atoms with Gasteiger partial charge in [-0.25, -0.2) is 9.59 Å². The Balaban J connectivity index is -0.000000240. The van der Waals surface area contributed by atoms with Crippen molar-refractivity contribution in [2.45, 2.75) is 12.2 Å². The molecule has 0 spiro atoms. The summed E-state index contributed by atoms with van der Waals surface area (Å²) in [6.45, 7) is -0.0795. The van der Waals surface area contributed by atoms with Crippen molar-refractivity contribution < 1.29 is 32.5 Å². The smallest absolute Gasteiger partial charge is 1.00 e. The summed E-state index contributed by atoms with van der Waals surface area (Å²) < 4.78 is 4.29. The van der Waals surface area contributed by atoms with Crippen molar-refractivity contribution >= 4 is 35.0 Å². The Kier molecular flexibility index (Phi) is 9.09. The first-order valence-corrected chi connectivity index (χ1v) is 3.46. The Hall–Kier alpha value is -0.414. The molecule has 0 aliphatic rings. The monoisotopic (exact) mass is 219 g/mol. The summed E-state index contributed by atoms with van der Waals surface area (Å²) in [7, 11) is 0. The molecule has 0 aromatic carbocycles. The molecule has 0 aromatic heterocycles. The molecule has 0 heterocycles. The van der Waals surface area contributed by atoms with E-state index in [4.69, 9.17) is 21.1 Å². The minimum Gasteiger partial charge on any atom is -1.00 e. The van der Waals surface area contributed by atoms with Gasteiger partial charge < -0.3 is 28.6 Å². The van der Waals surface area contributed by atoms with Crippen LogP contribution >= 0.6 is 0 Å². The third-order valence-corrected chi connectivity index (χ3v) is 1.16. The molecular formula is C6H13MgNO6. The van der Waals surface area contributed by atoms with Gasteiger partial charge in [-0.1, -0.05) is 0 Å². The molecule has 0 saturated heterocycles. The van der Waals surface area contributed by atoms with E-state index in [9.17, 15) is 9.59 Å². The summed E-state index contributed by atoms with van der Waals surface area (Å²) in [5, 5.41) is 25.7. The van der Waals surface area contributed by atoms with Gasteiger partial charge in [0.1, 0.15) is 6.61 Å². The van der Waals surface area contributed by atoms with Crippen molar-refractivity contribution in [3.8, 4) is 0 Å². The summed E-state index contributed by atoms with van der Waals surface area (Å²) in [6.07, 6.45) is -4.26. The Morgan fingerprint density at radius 2 is 1.86 bits per heavy atom. The average Bonchev–Trinajstić information content (AvgIpc) is 2.11. The van der Waals surface area contributed by atoms with Gasteiger partial charge in [0.2, 0.25) is 0 Å². The van der Waals surface area contributed by atoms with E-state index in [-0.39, 0.29) is 39.1 Å². The zero-order valence-corrected chi connectivity index (χ0v) is 8.83. The third kappa shape index (κ3) is 5.34. The predicted octanol–water partition coefficient (Wildman–Crippen LogP) is -2.86. The summed E-state index contributed by atoms with van der Waals surface area (Å²) >= 11 is 0. The fraction of sp³-hybridized carbons (Fsp3) is 0.667. The molecule has 0 amide bonds. The van der Waals surface area contributed by atoms with E-state index in [1.807, 2.05) is 0 Å². The van der Waals surface area contributed by atoms with Crippen LogP contribution in [0.15, 0.2) is 0 Å². The van der Waals surface area contributed by atoms with Gasteiger partial charge in [0.05, 0.1) is 0 Å². The zero-order valence-electron chi connectivity index (χ0n) is 9.42. The Morgan fingerprint density at radius 1 is 1.36 bits per heavy atom. The minimum atomic E-state index is -2.18. The van der Waals surface area contributed by atoms with Crippen LogP contribution < -0.4 is 5.73 Å². The normalized spacial score (nSPS) is 13.6. The third-order valence-electron chi connectivity index (χ3n) is 1.16. The number of hydrogen-bond acceptors (Lipinski definition) is 6. The van der Waals surface area contributed by atoms with Crippen molar-refractivity contribution in [1.29, 1.82) is 0 Å². The number of aliphatic carboxylic acids is 1. The molecule has 0 radical (unpaired) electrons. The maximum Gasteiger partial charge on any atom is 2.00 e. The van der Waals surface area contributed by atoms with Crippen LogP contribution in [0.25, 0.3) is 0 Å². The first-order chi connectivity index (χ1) is 6.00. The molecule has 2 atom stereocenters. The predicted molar refractivity (Wildman–Crippen MR) is 47.6 cm³/mol. The van der Waals surface area contributed by atoms with Crippen LogP contribution in [0.4, 0.5) is 0 Å². The van der Waals surface area contributed by atoms with Gasteiger partial charge in [0, 0.05) is 6.54 Å². The Labute approximate surface area is 99.0 Å². The number of carboxylic acid groups (broad SMARTS) is 1. The molecule has 0 bridgehead atoms. The minimum absolute atomic E-state index is 0. The number of nitrogens with two attached hydrogens (primary N) is 1. The molecule has 2 unspecified atom stereocenters. The van der Waals surface area contributed by atoms with Crippen molar-refractivity contribution in [1.82, 2.24) is 0 Å². The molecule has 0 aliphatic heterocycles. The van der Waals surface area contributed by atoms with E-state index in [2.05, 4.69) is 4.74 Å². The average molecular weight is 219 g/mol. The molecule has 80 valence electrons. The molecule has 0 saturated carbocycles.